The van der Waals surface area contributed by atoms with E-state index in [1.807, 2.05) is 6.07 Å². The van der Waals surface area contributed by atoms with Crippen LogP contribution in [0.1, 0.15) is 30.4 Å². The number of piperidine rings is 1. The molecule has 0 bridgehead atoms. The maximum Gasteiger partial charge on any atom is 0.243 e. The highest BCUT2D eigenvalue weighted by atomic mass is 32.2. The van der Waals surface area contributed by atoms with Gasteiger partial charge in [0.05, 0.1) is 16.5 Å². The van der Waals surface area contributed by atoms with Gasteiger partial charge in [0.25, 0.3) is 0 Å². The van der Waals surface area contributed by atoms with Crippen LogP contribution < -0.4 is 0 Å². The number of sulfonamides is 1. The van der Waals surface area contributed by atoms with E-state index in [4.69, 9.17) is 5.26 Å². The summed E-state index contributed by atoms with van der Waals surface area (Å²) in [6, 6.07) is 6.79. The fraction of sp³-hybridized carbons (Fsp3) is 0.462. The van der Waals surface area contributed by atoms with Gasteiger partial charge in [-0.25, -0.2) is 8.42 Å². The van der Waals surface area contributed by atoms with Crippen molar-refractivity contribution in [2.24, 2.45) is 0 Å². The second-order valence-electron chi connectivity index (χ2n) is 4.56. The number of hydrogen-bond donors (Lipinski definition) is 0. The lowest BCUT2D eigenvalue weighted by molar-refractivity contribution is 0.346. The molecule has 0 N–H and O–H groups in total. The normalized spacial score (nSPS) is 17.3. The van der Waals surface area contributed by atoms with Crippen LogP contribution in [0.2, 0.25) is 0 Å². The van der Waals surface area contributed by atoms with Crippen molar-refractivity contribution in [1.82, 2.24) is 4.31 Å². The van der Waals surface area contributed by atoms with Crippen molar-refractivity contribution in [3.8, 4) is 6.07 Å². The van der Waals surface area contributed by atoms with E-state index in [0.717, 1.165) is 19.3 Å². The highest BCUT2D eigenvalue weighted by Gasteiger charge is 2.27. The SMILES string of the molecule is Cc1ccc(C#N)cc1S(=O)(=O)N1CCCCC1. The third kappa shape index (κ3) is 2.40. The van der Waals surface area contributed by atoms with Gasteiger partial charge in [0.2, 0.25) is 10.0 Å². The summed E-state index contributed by atoms with van der Waals surface area (Å²) >= 11 is 0. The molecular weight excluding hydrogens is 248 g/mol. The second kappa shape index (κ2) is 5.09. The first kappa shape index (κ1) is 13.1. The van der Waals surface area contributed by atoms with E-state index in [2.05, 4.69) is 0 Å². The molecule has 0 amide bonds. The molecule has 1 heterocycles. The average Bonchev–Trinajstić information content (AvgIpc) is 2.40. The van der Waals surface area contributed by atoms with Gasteiger partial charge in [-0.1, -0.05) is 12.5 Å². The number of hydrogen-bond acceptors (Lipinski definition) is 3. The van der Waals surface area contributed by atoms with Crippen molar-refractivity contribution in [2.45, 2.75) is 31.1 Å². The van der Waals surface area contributed by atoms with Crippen LogP contribution in [0, 0.1) is 18.3 Å². The van der Waals surface area contributed by atoms with Crippen LogP contribution in [0.25, 0.3) is 0 Å². The lowest BCUT2D eigenvalue weighted by Gasteiger charge is -2.26. The Bertz CT molecular complexity index is 581. The molecule has 1 saturated heterocycles. The van der Waals surface area contributed by atoms with Gasteiger partial charge in [0.15, 0.2) is 0 Å². The summed E-state index contributed by atoms with van der Waals surface area (Å²) in [5, 5.41) is 8.87. The molecule has 0 spiro atoms. The molecule has 1 fully saturated rings. The van der Waals surface area contributed by atoms with E-state index in [1.165, 1.54) is 10.4 Å². The van der Waals surface area contributed by atoms with Crippen molar-refractivity contribution in [3.63, 3.8) is 0 Å². The zero-order valence-corrected chi connectivity index (χ0v) is 11.2. The van der Waals surface area contributed by atoms with Crippen molar-refractivity contribution in [3.05, 3.63) is 29.3 Å². The van der Waals surface area contributed by atoms with Gasteiger partial charge < -0.3 is 0 Å². The summed E-state index contributed by atoms with van der Waals surface area (Å²) in [7, 11) is -3.44. The van der Waals surface area contributed by atoms with Gasteiger partial charge in [-0.3, -0.25) is 0 Å². The number of rotatable bonds is 2. The molecule has 18 heavy (non-hydrogen) atoms. The Balaban J connectivity index is 2.43. The fourth-order valence-corrected chi connectivity index (χ4v) is 3.96. The van der Waals surface area contributed by atoms with E-state index >= 15 is 0 Å². The van der Waals surface area contributed by atoms with Gasteiger partial charge in [0, 0.05) is 13.1 Å². The highest BCUT2D eigenvalue weighted by Crippen LogP contribution is 2.24. The Labute approximate surface area is 108 Å². The van der Waals surface area contributed by atoms with Gasteiger partial charge in [-0.2, -0.15) is 9.57 Å². The molecule has 1 aromatic rings. The molecule has 2 rings (SSSR count). The molecule has 0 radical (unpaired) electrons. The number of aryl methyl sites for hydroxylation is 1. The number of benzene rings is 1. The third-order valence-corrected chi connectivity index (χ3v) is 5.29. The minimum atomic E-state index is -3.44. The number of nitriles is 1. The van der Waals surface area contributed by atoms with Crippen LogP contribution in [0.5, 0.6) is 0 Å². The second-order valence-corrected chi connectivity index (χ2v) is 6.46. The van der Waals surface area contributed by atoms with Gasteiger partial charge in [-0.15, -0.1) is 0 Å². The molecule has 5 heteroatoms. The van der Waals surface area contributed by atoms with E-state index < -0.39 is 10.0 Å². The van der Waals surface area contributed by atoms with Crippen molar-refractivity contribution in [1.29, 1.82) is 5.26 Å². The van der Waals surface area contributed by atoms with Crippen molar-refractivity contribution < 1.29 is 8.42 Å². The van der Waals surface area contributed by atoms with Crippen LogP contribution in [0.3, 0.4) is 0 Å². The Morgan fingerprint density at radius 3 is 2.50 bits per heavy atom. The minimum absolute atomic E-state index is 0.267. The molecule has 1 aliphatic heterocycles. The highest BCUT2D eigenvalue weighted by molar-refractivity contribution is 7.89. The molecule has 0 unspecified atom stereocenters. The van der Waals surface area contributed by atoms with E-state index in [-0.39, 0.29) is 4.90 Å². The Kier molecular flexibility index (Phi) is 3.69. The molecule has 0 saturated carbocycles. The summed E-state index contributed by atoms with van der Waals surface area (Å²) in [6.45, 7) is 2.93. The predicted molar refractivity (Wildman–Crippen MR) is 68.5 cm³/mol. The average molecular weight is 264 g/mol. The predicted octanol–water partition coefficient (Wildman–Crippen LogP) is 2.04. The van der Waals surface area contributed by atoms with E-state index in [1.54, 1.807) is 19.1 Å². The first-order chi connectivity index (χ1) is 8.55. The van der Waals surface area contributed by atoms with Crippen LogP contribution >= 0.6 is 0 Å². The minimum Gasteiger partial charge on any atom is -0.207 e. The Morgan fingerprint density at radius 2 is 1.89 bits per heavy atom. The molecule has 0 atom stereocenters. The standard InChI is InChI=1S/C13H16N2O2S/c1-11-5-6-12(10-14)9-13(11)18(16,17)15-7-3-2-4-8-15/h5-6,9H,2-4,7-8H2,1H3. The van der Waals surface area contributed by atoms with E-state index in [0.29, 0.717) is 24.2 Å². The molecule has 1 aliphatic rings. The summed E-state index contributed by atoms with van der Waals surface area (Å²) in [5.74, 6) is 0. The van der Waals surface area contributed by atoms with Crippen LogP contribution in [0.4, 0.5) is 0 Å². The first-order valence-electron chi connectivity index (χ1n) is 6.06. The molecule has 1 aromatic carbocycles. The smallest absolute Gasteiger partial charge is 0.207 e. The molecule has 96 valence electrons. The zero-order valence-electron chi connectivity index (χ0n) is 10.4. The molecular formula is C13H16N2O2S. The maximum absolute atomic E-state index is 12.5. The Hall–Kier alpha value is -1.38. The van der Waals surface area contributed by atoms with Crippen molar-refractivity contribution >= 4 is 10.0 Å². The Morgan fingerprint density at radius 1 is 1.22 bits per heavy atom. The number of nitrogens with zero attached hydrogens (tertiary/aromatic N) is 2. The van der Waals surface area contributed by atoms with Crippen molar-refractivity contribution in [2.75, 3.05) is 13.1 Å². The monoisotopic (exact) mass is 264 g/mol. The van der Waals surface area contributed by atoms with Gasteiger partial charge in [-0.05, 0) is 37.5 Å². The van der Waals surface area contributed by atoms with Crippen LogP contribution in [0.15, 0.2) is 23.1 Å². The quantitative estimate of drug-likeness (QED) is 0.821. The topological polar surface area (TPSA) is 61.2 Å². The molecule has 0 aromatic heterocycles. The third-order valence-electron chi connectivity index (χ3n) is 3.25. The maximum atomic E-state index is 12.5. The zero-order chi connectivity index (χ0) is 13.2. The molecule has 0 aliphatic carbocycles. The first-order valence-corrected chi connectivity index (χ1v) is 7.50. The summed E-state index contributed by atoms with van der Waals surface area (Å²) in [6.07, 6.45) is 2.91. The van der Waals surface area contributed by atoms with Gasteiger partial charge >= 0.3 is 0 Å². The van der Waals surface area contributed by atoms with Crippen LogP contribution in [-0.2, 0) is 10.0 Å². The largest absolute Gasteiger partial charge is 0.243 e. The summed E-state index contributed by atoms with van der Waals surface area (Å²) < 4.78 is 26.5. The van der Waals surface area contributed by atoms with E-state index in [9.17, 15) is 8.42 Å². The fourth-order valence-electron chi connectivity index (χ4n) is 2.19. The summed E-state index contributed by atoms with van der Waals surface area (Å²) in [5.41, 5.74) is 1.08. The lowest BCUT2D eigenvalue weighted by atomic mass is 10.2. The molecule has 4 nitrogen and oxygen atoms in total. The van der Waals surface area contributed by atoms with Gasteiger partial charge in [0.1, 0.15) is 0 Å². The van der Waals surface area contributed by atoms with Crippen LogP contribution in [-0.4, -0.2) is 25.8 Å². The summed E-state index contributed by atoms with van der Waals surface area (Å²) in [4.78, 5) is 0.267. The lowest BCUT2D eigenvalue weighted by Crippen LogP contribution is -2.35.